The van der Waals surface area contributed by atoms with Crippen LogP contribution in [-0.2, 0) is 34.5 Å². The van der Waals surface area contributed by atoms with Gasteiger partial charge in [0.15, 0.2) is 0 Å². The minimum Gasteiger partial charge on any atom is -0.487 e. The lowest BCUT2D eigenvalue weighted by Gasteiger charge is -2.24. The Balaban J connectivity index is 1.59. The van der Waals surface area contributed by atoms with E-state index in [9.17, 15) is 13.2 Å². The molecule has 4 rings (SSSR count). The van der Waals surface area contributed by atoms with Crippen LogP contribution in [0.15, 0.2) is 78.9 Å². The van der Waals surface area contributed by atoms with Gasteiger partial charge in [0.05, 0.1) is 5.69 Å². The molecule has 1 unspecified atom stereocenters. The maximum atomic E-state index is 13.5. The number of hydrogen-bond donors (Lipinski definition) is 1. The van der Waals surface area contributed by atoms with E-state index in [1.807, 2.05) is 60.7 Å². The maximum absolute atomic E-state index is 13.5. The summed E-state index contributed by atoms with van der Waals surface area (Å²) in [5.41, 5.74) is 9.90. The quantitative estimate of drug-likeness (QED) is 0.351. The van der Waals surface area contributed by atoms with Crippen molar-refractivity contribution in [2.45, 2.75) is 51.2 Å². The molecule has 1 saturated heterocycles. The summed E-state index contributed by atoms with van der Waals surface area (Å²) in [7, 11) is -5.54. The molecule has 0 aliphatic carbocycles. The summed E-state index contributed by atoms with van der Waals surface area (Å²) in [4.78, 5) is 12.8. The third kappa shape index (κ3) is 7.03. The van der Waals surface area contributed by atoms with Crippen LogP contribution in [0.3, 0.4) is 0 Å². The molecule has 7 nitrogen and oxygen atoms in total. The van der Waals surface area contributed by atoms with Crippen LogP contribution in [0.1, 0.15) is 16.7 Å². The number of nitrogens with zero attached hydrogens (tertiary/aromatic N) is 2. The van der Waals surface area contributed by atoms with Gasteiger partial charge < -0.3 is 10.5 Å². The predicted molar refractivity (Wildman–Crippen MR) is 155 cm³/mol. The average Bonchev–Trinajstić information content (AvgIpc) is 3.09. The molecular weight excluding hydrogens is 514 g/mol. The lowest BCUT2D eigenvalue weighted by atomic mass is 9.99. The third-order valence-electron chi connectivity index (χ3n) is 6.55. The van der Waals surface area contributed by atoms with Gasteiger partial charge in [-0.2, -0.15) is 8.42 Å². The van der Waals surface area contributed by atoms with Crippen molar-refractivity contribution < 1.29 is 17.9 Å². The number of carbonyl (C=O) groups excluding carboxylic acids is 1. The number of benzene rings is 3. The Labute approximate surface area is 227 Å². The van der Waals surface area contributed by atoms with Crippen molar-refractivity contribution in [2.24, 2.45) is 5.73 Å². The summed E-state index contributed by atoms with van der Waals surface area (Å²) in [6, 6.07) is 25.8. The van der Waals surface area contributed by atoms with Crippen LogP contribution in [0.4, 0.5) is 5.69 Å². The molecule has 0 aromatic heterocycles. The Bertz CT molecular complexity index is 1350. The highest BCUT2D eigenvalue weighted by atomic mass is 32.2. The highest BCUT2D eigenvalue weighted by Gasteiger charge is 2.43. The fourth-order valence-corrected chi connectivity index (χ4v) is 7.06. The summed E-state index contributed by atoms with van der Waals surface area (Å²) in [5.74, 6) is 0.00732. The third-order valence-corrected chi connectivity index (χ3v) is 10.1. The SMILES string of the molecule is C[Si](C)(C)CCN1C(=O)CN(c2ccc(CC(N)Cc3ccccc3)cc2OCc2ccccc2)S1(=O)=O. The monoisotopic (exact) mass is 551 g/mol. The molecule has 0 spiro atoms. The van der Waals surface area contributed by atoms with E-state index >= 15 is 0 Å². The van der Waals surface area contributed by atoms with Crippen LogP contribution in [-0.4, -0.2) is 45.8 Å². The average molecular weight is 552 g/mol. The van der Waals surface area contributed by atoms with Gasteiger partial charge in [-0.15, -0.1) is 0 Å². The van der Waals surface area contributed by atoms with Gasteiger partial charge >= 0.3 is 10.2 Å². The first kappa shape index (κ1) is 27.9. The summed E-state index contributed by atoms with van der Waals surface area (Å²) in [6.45, 7) is 6.73. The number of nitrogens with two attached hydrogens (primary N) is 1. The van der Waals surface area contributed by atoms with Crippen LogP contribution in [0, 0.1) is 0 Å². The second kappa shape index (κ2) is 11.7. The smallest absolute Gasteiger partial charge is 0.329 e. The molecule has 9 heteroatoms. The Hall–Kier alpha value is -3.14. The van der Waals surface area contributed by atoms with Crippen molar-refractivity contribution in [3.05, 3.63) is 95.6 Å². The van der Waals surface area contributed by atoms with E-state index in [0.717, 1.165) is 27.4 Å². The zero-order chi connectivity index (χ0) is 27.3. The maximum Gasteiger partial charge on any atom is 0.329 e. The zero-order valence-corrected chi connectivity index (χ0v) is 24.2. The number of carbonyl (C=O) groups is 1. The molecule has 0 radical (unpaired) electrons. The zero-order valence-electron chi connectivity index (χ0n) is 22.3. The lowest BCUT2D eigenvalue weighted by molar-refractivity contribution is -0.123. The molecule has 2 N–H and O–H groups in total. The Morgan fingerprint density at radius 1 is 0.895 bits per heavy atom. The number of rotatable bonds is 11. The van der Waals surface area contributed by atoms with Gasteiger partial charge in [-0.3, -0.25) is 4.79 Å². The second-order valence-electron chi connectivity index (χ2n) is 11.0. The first-order chi connectivity index (χ1) is 18.0. The molecule has 1 aliphatic rings. The van der Waals surface area contributed by atoms with E-state index in [0.29, 0.717) is 23.9 Å². The molecule has 38 heavy (non-hydrogen) atoms. The Morgan fingerprint density at radius 2 is 1.50 bits per heavy atom. The van der Waals surface area contributed by atoms with E-state index < -0.39 is 24.2 Å². The van der Waals surface area contributed by atoms with E-state index in [4.69, 9.17) is 10.5 Å². The summed E-state index contributed by atoms with van der Waals surface area (Å²) in [5, 5.41) is 0. The molecule has 1 amide bonds. The van der Waals surface area contributed by atoms with Crippen molar-refractivity contribution in [3.8, 4) is 5.75 Å². The molecule has 3 aromatic carbocycles. The van der Waals surface area contributed by atoms with Crippen LogP contribution < -0.4 is 14.8 Å². The van der Waals surface area contributed by atoms with E-state index in [2.05, 4.69) is 31.8 Å². The minimum atomic E-state index is -4.00. The predicted octanol–water partition coefficient (Wildman–Crippen LogP) is 4.61. The van der Waals surface area contributed by atoms with Gasteiger partial charge in [0.1, 0.15) is 18.9 Å². The molecule has 0 bridgehead atoms. The minimum absolute atomic E-state index is 0.112. The first-order valence-corrected chi connectivity index (χ1v) is 18.1. The highest BCUT2D eigenvalue weighted by Crippen LogP contribution is 2.36. The number of amides is 1. The number of anilines is 1. The standard InChI is InChI=1S/C29H37N3O4SSi/c1-38(2,3)17-16-31-29(33)21-32(37(31,34)35)27-15-14-25(19-26(30)18-23-10-6-4-7-11-23)20-28(27)36-22-24-12-8-5-9-13-24/h4-15,20,26H,16-19,21-22,30H2,1-3H3. The fraction of sp³-hybridized carbons (Fsp3) is 0.345. The van der Waals surface area contributed by atoms with Gasteiger partial charge in [-0.1, -0.05) is 86.4 Å². The molecular formula is C29H37N3O4SSi. The van der Waals surface area contributed by atoms with E-state index in [1.54, 1.807) is 6.07 Å². The van der Waals surface area contributed by atoms with Gasteiger partial charge in [0.2, 0.25) is 0 Å². The van der Waals surface area contributed by atoms with Crippen LogP contribution >= 0.6 is 0 Å². The first-order valence-electron chi connectivity index (χ1n) is 13.0. The van der Waals surface area contributed by atoms with Crippen LogP contribution in [0.25, 0.3) is 0 Å². The normalized spacial score (nSPS) is 16.1. The lowest BCUT2D eigenvalue weighted by Crippen LogP contribution is -2.37. The Morgan fingerprint density at radius 3 is 2.13 bits per heavy atom. The number of hydrogen-bond acceptors (Lipinski definition) is 5. The molecule has 202 valence electrons. The largest absolute Gasteiger partial charge is 0.487 e. The Kier molecular flexibility index (Phi) is 8.60. The van der Waals surface area contributed by atoms with Gasteiger partial charge in [-0.05, 0) is 47.7 Å². The van der Waals surface area contributed by atoms with Crippen molar-refractivity contribution in [1.29, 1.82) is 0 Å². The van der Waals surface area contributed by atoms with Crippen molar-refractivity contribution in [2.75, 3.05) is 17.4 Å². The van der Waals surface area contributed by atoms with Crippen molar-refractivity contribution >= 4 is 29.9 Å². The second-order valence-corrected chi connectivity index (χ2v) is 18.4. The molecule has 3 aromatic rings. The van der Waals surface area contributed by atoms with Crippen LogP contribution in [0.5, 0.6) is 5.75 Å². The number of ether oxygens (including phenoxy) is 1. The van der Waals surface area contributed by atoms with Crippen molar-refractivity contribution in [1.82, 2.24) is 4.31 Å². The summed E-state index contributed by atoms with van der Waals surface area (Å²) >= 11 is 0. The van der Waals surface area contributed by atoms with Gasteiger partial charge in [-0.25, -0.2) is 8.61 Å². The topological polar surface area (TPSA) is 92.9 Å². The fourth-order valence-electron chi connectivity index (χ4n) is 4.45. The molecule has 1 heterocycles. The molecule has 1 atom stereocenters. The summed E-state index contributed by atoms with van der Waals surface area (Å²) in [6.07, 6.45) is 1.33. The van der Waals surface area contributed by atoms with E-state index in [-0.39, 0.29) is 25.7 Å². The molecule has 1 aliphatic heterocycles. The molecule has 1 fully saturated rings. The summed E-state index contributed by atoms with van der Waals surface area (Å²) < 4.78 is 35.4. The highest BCUT2D eigenvalue weighted by molar-refractivity contribution is 7.91. The van der Waals surface area contributed by atoms with Gasteiger partial charge in [0.25, 0.3) is 5.91 Å². The van der Waals surface area contributed by atoms with Crippen molar-refractivity contribution in [3.63, 3.8) is 0 Å². The van der Waals surface area contributed by atoms with Crippen LogP contribution in [0.2, 0.25) is 25.7 Å². The van der Waals surface area contributed by atoms with E-state index in [1.165, 1.54) is 4.31 Å². The van der Waals surface area contributed by atoms with Gasteiger partial charge in [0, 0.05) is 20.7 Å². The molecule has 0 saturated carbocycles.